The Balaban J connectivity index is 1.28. The molecule has 3 fully saturated rings. The molecule has 39 heavy (non-hydrogen) atoms. The second-order valence-electron chi connectivity index (χ2n) is 14.7. The van der Waals surface area contributed by atoms with E-state index in [-0.39, 0.29) is 16.4 Å². The number of benzene rings is 1. The molecule has 8 atom stereocenters. The molecule has 0 radical (unpaired) electrons. The zero-order valence-corrected chi connectivity index (χ0v) is 26.0. The summed E-state index contributed by atoms with van der Waals surface area (Å²) in [6.45, 7) is 14.4. The molecule has 0 saturated heterocycles. The van der Waals surface area contributed by atoms with Crippen molar-refractivity contribution in [3.63, 3.8) is 0 Å². The first-order valence-electron chi connectivity index (χ1n) is 15.8. The van der Waals surface area contributed by atoms with Gasteiger partial charge in [0.2, 0.25) is 0 Å². The first-order valence-corrected chi connectivity index (χ1v) is 17.2. The third kappa shape index (κ3) is 5.48. The molecular formula is C34H52O4S. The molecule has 0 spiro atoms. The quantitative estimate of drug-likeness (QED) is 0.256. The molecule has 0 bridgehead atoms. The zero-order chi connectivity index (χ0) is 28.2. The van der Waals surface area contributed by atoms with Gasteiger partial charge in [0.15, 0.2) is 0 Å². The fourth-order valence-electron chi connectivity index (χ4n) is 9.80. The van der Waals surface area contributed by atoms with Gasteiger partial charge in [-0.2, -0.15) is 8.42 Å². The van der Waals surface area contributed by atoms with Gasteiger partial charge in [0, 0.05) is 12.5 Å². The van der Waals surface area contributed by atoms with E-state index in [1.165, 1.54) is 63.5 Å². The Kier molecular flexibility index (Phi) is 8.09. The lowest BCUT2D eigenvalue weighted by Gasteiger charge is -2.58. The lowest BCUT2D eigenvalue weighted by atomic mass is 9.47. The normalized spacial score (nSPS) is 37.0. The maximum absolute atomic E-state index is 11.7. The largest absolute Gasteiger partial charge is 0.490 e. The fraction of sp³-hybridized carbons (Fsp3) is 0.765. The van der Waals surface area contributed by atoms with Crippen LogP contribution in [-0.4, -0.2) is 19.1 Å². The van der Waals surface area contributed by atoms with Crippen LogP contribution in [0.15, 0.2) is 34.7 Å². The summed E-state index contributed by atoms with van der Waals surface area (Å²) in [5, 5.41) is 0. The highest BCUT2D eigenvalue weighted by molar-refractivity contribution is 7.85. The van der Waals surface area contributed by atoms with E-state index in [1.54, 1.807) is 11.6 Å². The first-order chi connectivity index (χ1) is 18.3. The minimum absolute atomic E-state index is 0.0487. The highest BCUT2D eigenvalue weighted by atomic mass is 32.2. The molecule has 1 N–H and O–H groups in total. The number of rotatable bonds is 8. The van der Waals surface area contributed by atoms with E-state index in [2.05, 4.69) is 40.7 Å². The summed E-state index contributed by atoms with van der Waals surface area (Å²) in [7, 11) is -4.25. The molecule has 5 heteroatoms. The smallest absolute Gasteiger partial charge is 0.294 e. The fourth-order valence-corrected chi connectivity index (χ4v) is 10.3. The Morgan fingerprint density at radius 1 is 1.03 bits per heavy atom. The van der Waals surface area contributed by atoms with Crippen molar-refractivity contribution in [3.8, 4) is 5.75 Å². The van der Waals surface area contributed by atoms with E-state index in [1.807, 2.05) is 6.92 Å². The van der Waals surface area contributed by atoms with Crippen molar-refractivity contribution in [3.05, 3.63) is 35.4 Å². The van der Waals surface area contributed by atoms with Gasteiger partial charge in [0.25, 0.3) is 10.1 Å². The van der Waals surface area contributed by atoms with Crippen LogP contribution in [0.25, 0.3) is 0 Å². The van der Waals surface area contributed by atoms with E-state index >= 15 is 0 Å². The highest BCUT2D eigenvalue weighted by Crippen LogP contribution is 2.67. The van der Waals surface area contributed by atoms with Crippen LogP contribution in [0, 0.1) is 53.3 Å². The second-order valence-corrected chi connectivity index (χ2v) is 16.1. The van der Waals surface area contributed by atoms with Crippen molar-refractivity contribution in [2.24, 2.45) is 46.3 Å². The van der Waals surface area contributed by atoms with Gasteiger partial charge in [-0.1, -0.05) is 71.6 Å². The van der Waals surface area contributed by atoms with Crippen molar-refractivity contribution in [2.75, 3.05) is 0 Å². The Labute approximate surface area is 238 Å². The molecule has 4 nitrogen and oxygen atoms in total. The van der Waals surface area contributed by atoms with Crippen molar-refractivity contribution < 1.29 is 17.7 Å². The number of hydrogen-bond acceptors (Lipinski definition) is 3. The molecule has 4 aliphatic carbocycles. The predicted molar refractivity (Wildman–Crippen MR) is 158 cm³/mol. The van der Waals surface area contributed by atoms with Crippen LogP contribution in [0.2, 0.25) is 0 Å². The van der Waals surface area contributed by atoms with E-state index in [4.69, 9.17) is 4.74 Å². The molecule has 0 aromatic heterocycles. The van der Waals surface area contributed by atoms with Gasteiger partial charge in [0.05, 0.1) is 4.90 Å². The zero-order valence-electron chi connectivity index (χ0n) is 25.2. The summed E-state index contributed by atoms with van der Waals surface area (Å²) < 4.78 is 39.3. The van der Waals surface area contributed by atoms with Crippen molar-refractivity contribution in [1.29, 1.82) is 0 Å². The van der Waals surface area contributed by atoms with E-state index in [0.717, 1.165) is 60.3 Å². The average Bonchev–Trinajstić information content (AvgIpc) is 3.22. The number of ether oxygens (including phenoxy) is 1. The van der Waals surface area contributed by atoms with Crippen molar-refractivity contribution in [2.45, 2.75) is 123 Å². The van der Waals surface area contributed by atoms with Gasteiger partial charge in [-0.15, -0.1) is 0 Å². The standard InChI is InChI=1S/C34H52O4S/c1-22(2)8-7-9-23(3)29-14-15-30-28-13-11-25-20-26(16-18-33(25,5)31(28)17-19-34(29,30)6)38-32-21-27(39(35,36)37)12-10-24(32)4/h10-12,21-23,26,28-31H,7-9,13-20H2,1-6H3,(H,35,36,37)/t23-,26?,28?,29-,30?,31?,33+,34-/m1/s1. The van der Waals surface area contributed by atoms with E-state index in [0.29, 0.717) is 11.2 Å². The minimum atomic E-state index is -4.25. The van der Waals surface area contributed by atoms with Gasteiger partial charge in [0.1, 0.15) is 11.9 Å². The van der Waals surface area contributed by atoms with Crippen LogP contribution in [0.3, 0.4) is 0 Å². The number of fused-ring (bicyclic) bond motifs is 5. The average molecular weight is 557 g/mol. The van der Waals surface area contributed by atoms with Crippen LogP contribution < -0.4 is 4.74 Å². The van der Waals surface area contributed by atoms with Crippen molar-refractivity contribution in [1.82, 2.24) is 0 Å². The number of hydrogen-bond donors (Lipinski definition) is 1. The molecule has 4 aliphatic rings. The highest BCUT2D eigenvalue weighted by Gasteiger charge is 2.59. The molecule has 0 heterocycles. The topological polar surface area (TPSA) is 63.6 Å². The summed E-state index contributed by atoms with van der Waals surface area (Å²) in [4.78, 5) is -0.0992. The lowest BCUT2D eigenvalue weighted by molar-refractivity contribution is -0.0559. The Bertz CT molecular complexity index is 1190. The van der Waals surface area contributed by atoms with E-state index in [9.17, 15) is 13.0 Å². The SMILES string of the molecule is Cc1ccc(S(=O)(=O)O)cc1OC1CC[C@@]2(C)C(=CCC3C2CC[C@@]2(C)C3CC[C@@H]2[C@H](C)CCCC(C)C)C1. The minimum Gasteiger partial charge on any atom is -0.490 e. The summed E-state index contributed by atoms with van der Waals surface area (Å²) in [5.74, 6) is 5.57. The van der Waals surface area contributed by atoms with Crippen LogP contribution >= 0.6 is 0 Å². The predicted octanol–water partition coefficient (Wildman–Crippen LogP) is 9.03. The maximum Gasteiger partial charge on any atom is 0.294 e. The maximum atomic E-state index is 11.7. The van der Waals surface area contributed by atoms with Crippen LogP contribution in [0.5, 0.6) is 5.75 Å². The van der Waals surface area contributed by atoms with Crippen LogP contribution in [0.1, 0.15) is 111 Å². The Morgan fingerprint density at radius 3 is 2.51 bits per heavy atom. The first kappa shape index (κ1) is 29.2. The lowest BCUT2D eigenvalue weighted by Crippen LogP contribution is -2.51. The summed E-state index contributed by atoms with van der Waals surface area (Å²) in [6, 6.07) is 4.64. The molecule has 218 valence electrons. The Morgan fingerprint density at radius 2 is 1.79 bits per heavy atom. The summed E-state index contributed by atoms with van der Waals surface area (Å²) >= 11 is 0. The second kappa shape index (κ2) is 10.8. The molecule has 4 unspecified atom stereocenters. The Hall–Kier alpha value is -1.33. The molecule has 5 rings (SSSR count). The van der Waals surface area contributed by atoms with Crippen molar-refractivity contribution >= 4 is 10.1 Å². The van der Waals surface area contributed by atoms with Gasteiger partial charge in [-0.3, -0.25) is 4.55 Å². The molecule has 1 aromatic rings. The van der Waals surface area contributed by atoms with Gasteiger partial charge >= 0.3 is 0 Å². The third-order valence-corrected chi connectivity index (χ3v) is 12.9. The van der Waals surface area contributed by atoms with Gasteiger partial charge in [-0.05, 0) is 110 Å². The number of allylic oxidation sites excluding steroid dienone is 1. The van der Waals surface area contributed by atoms with Gasteiger partial charge < -0.3 is 4.74 Å². The molecule has 3 saturated carbocycles. The molecule has 0 amide bonds. The van der Waals surface area contributed by atoms with Crippen LogP contribution in [-0.2, 0) is 10.1 Å². The number of aryl methyl sites for hydroxylation is 1. The van der Waals surface area contributed by atoms with Crippen LogP contribution in [0.4, 0.5) is 0 Å². The molecular weight excluding hydrogens is 504 g/mol. The summed E-state index contributed by atoms with van der Waals surface area (Å²) in [6.07, 6.45) is 16.7. The molecule has 1 aromatic carbocycles. The third-order valence-electron chi connectivity index (χ3n) is 12.0. The van der Waals surface area contributed by atoms with E-state index < -0.39 is 10.1 Å². The molecule has 0 aliphatic heterocycles. The van der Waals surface area contributed by atoms with Gasteiger partial charge in [-0.25, -0.2) is 0 Å². The monoisotopic (exact) mass is 556 g/mol. The summed E-state index contributed by atoms with van der Waals surface area (Å²) in [5.41, 5.74) is 3.24.